The molecule has 0 fully saturated rings. The highest BCUT2D eigenvalue weighted by molar-refractivity contribution is 5.50. The highest BCUT2D eigenvalue weighted by Crippen LogP contribution is 2.16. The van der Waals surface area contributed by atoms with Crippen LogP contribution < -0.4 is 10.2 Å². The first kappa shape index (κ1) is 16.7. The topological polar surface area (TPSA) is 88.6 Å². The number of benzene rings is 1. The van der Waals surface area contributed by atoms with E-state index in [1.54, 1.807) is 12.1 Å². The van der Waals surface area contributed by atoms with Crippen molar-refractivity contribution in [2.24, 2.45) is 0 Å². The van der Waals surface area contributed by atoms with Crippen molar-refractivity contribution in [1.82, 2.24) is 14.6 Å². The Morgan fingerprint density at radius 2 is 2.16 bits per heavy atom. The van der Waals surface area contributed by atoms with Crippen molar-refractivity contribution in [3.8, 4) is 0 Å². The summed E-state index contributed by atoms with van der Waals surface area (Å²) < 4.78 is 1.24. The number of imidazole rings is 1. The number of anilines is 2. The lowest BCUT2D eigenvalue weighted by Crippen LogP contribution is -2.29. The molecule has 130 valence electrons. The molecular formula is C17H20N6O2. The van der Waals surface area contributed by atoms with Crippen LogP contribution >= 0.6 is 0 Å². The molecule has 0 aliphatic rings. The standard InChI is InChI=1S/C17H20N6O2/c1-3-21(14-6-4-5-13(2)11-14)10-9-18-15-7-8-16-19-12-17(23(24)25)22(16)20-15/h4-8,11-12H,3,9-10H2,1-2H3,(H,18,20). The monoisotopic (exact) mass is 340 g/mol. The molecule has 8 heteroatoms. The van der Waals surface area contributed by atoms with Crippen molar-refractivity contribution in [2.45, 2.75) is 13.8 Å². The first-order chi connectivity index (χ1) is 12.1. The van der Waals surface area contributed by atoms with Crippen LogP contribution in [0.5, 0.6) is 0 Å². The lowest BCUT2D eigenvalue weighted by Gasteiger charge is -2.23. The molecule has 0 aliphatic carbocycles. The highest BCUT2D eigenvalue weighted by Gasteiger charge is 2.15. The van der Waals surface area contributed by atoms with Crippen molar-refractivity contribution in [2.75, 3.05) is 29.9 Å². The molecule has 0 atom stereocenters. The van der Waals surface area contributed by atoms with Crippen molar-refractivity contribution >= 4 is 23.0 Å². The van der Waals surface area contributed by atoms with Gasteiger partial charge in [0.2, 0.25) is 5.65 Å². The Hall–Kier alpha value is -3.16. The van der Waals surface area contributed by atoms with Gasteiger partial charge in [-0.15, -0.1) is 0 Å². The van der Waals surface area contributed by atoms with Crippen molar-refractivity contribution < 1.29 is 4.92 Å². The Morgan fingerprint density at radius 1 is 1.32 bits per heavy atom. The van der Waals surface area contributed by atoms with Gasteiger partial charge in [-0.3, -0.25) is 0 Å². The number of hydrogen-bond donors (Lipinski definition) is 1. The highest BCUT2D eigenvalue weighted by atomic mass is 16.6. The SMILES string of the molecule is CCN(CCNc1ccc2ncc([N+](=O)[O-])n2n1)c1cccc(C)c1. The molecule has 3 aromatic rings. The number of aryl methyl sites for hydroxylation is 1. The van der Waals surface area contributed by atoms with Gasteiger partial charge in [-0.25, -0.2) is 4.98 Å². The number of rotatable bonds is 7. The van der Waals surface area contributed by atoms with Crippen LogP contribution in [0.1, 0.15) is 12.5 Å². The van der Waals surface area contributed by atoms with Crippen LogP contribution in [0, 0.1) is 17.0 Å². The van der Waals surface area contributed by atoms with Gasteiger partial charge in [0.05, 0.1) is 0 Å². The van der Waals surface area contributed by atoms with Crippen LogP contribution in [0.4, 0.5) is 17.3 Å². The summed E-state index contributed by atoms with van der Waals surface area (Å²) in [5, 5.41) is 18.5. The number of likely N-dealkylation sites (N-methyl/N-ethyl adjacent to an activating group) is 1. The van der Waals surface area contributed by atoms with Crippen molar-refractivity contribution in [3.63, 3.8) is 0 Å². The molecule has 1 N–H and O–H groups in total. The molecule has 2 heterocycles. The number of nitrogens with zero attached hydrogens (tertiary/aromatic N) is 5. The van der Waals surface area contributed by atoms with Crippen LogP contribution in [-0.2, 0) is 0 Å². The van der Waals surface area contributed by atoms with Crippen LogP contribution in [0.2, 0.25) is 0 Å². The van der Waals surface area contributed by atoms with Gasteiger partial charge in [-0.05, 0) is 42.5 Å². The van der Waals surface area contributed by atoms with E-state index >= 15 is 0 Å². The third kappa shape index (κ3) is 3.68. The van der Waals surface area contributed by atoms with Gasteiger partial charge in [0.1, 0.15) is 6.20 Å². The third-order valence-electron chi connectivity index (χ3n) is 3.97. The molecular weight excluding hydrogens is 320 g/mol. The number of aromatic nitrogens is 3. The van der Waals surface area contributed by atoms with E-state index < -0.39 is 4.92 Å². The lowest BCUT2D eigenvalue weighted by atomic mass is 10.2. The summed E-state index contributed by atoms with van der Waals surface area (Å²) in [7, 11) is 0. The zero-order chi connectivity index (χ0) is 17.8. The fourth-order valence-electron chi connectivity index (χ4n) is 2.69. The van der Waals surface area contributed by atoms with Crippen molar-refractivity contribution in [1.29, 1.82) is 0 Å². The molecule has 0 amide bonds. The van der Waals surface area contributed by atoms with Crippen LogP contribution in [-0.4, -0.2) is 39.2 Å². The van der Waals surface area contributed by atoms with E-state index in [1.165, 1.54) is 22.0 Å². The predicted molar refractivity (Wildman–Crippen MR) is 97.2 cm³/mol. The zero-order valence-electron chi connectivity index (χ0n) is 14.2. The summed E-state index contributed by atoms with van der Waals surface area (Å²) in [4.78, 5) is 16.7. The van der Waals surface area contributed by atoms with Gasteiger partial charge in [-0.2, -0.15) is 0 Å². The van der Waals surface area contributed by atoms with Crippen LogP contribution in [0.15, 0.2) is 42.6 Å². The molecule has 0 saturated carbocycles. The molecule has 0 bridgehead atoms. The average molecular weight is 340 g/mol. The maximum Gasteiger partial charge on any atom is 0.368 e. The van der Waals surface area contributed by atoms with Gasteiger partial charge in [0.15, 0.2) is 5.82 Å². The summed E-state index contributed by atoms with van der Waals surface area (Å²) in [6.45, 7) is 6.55. The van der Waals surface area contributed by atoms with E-state index in [0.717, 1.165) is 13.1 Å². The second kappa shape index (κ2) is 7.16. The Morgan fingerprint density at radius 3 is 2.88 bits per heavy atom. The minimum absolute atomic E-state index is 0.145. The molecule has 0 unspecified atom stereocenters. The average Bonchev–Trinajstić information content (AvgIpc) is 3.02. The number of nitrogens with one attached hydrogen (secondary N) is 1. The quantitative estimate of drug-likeness (QED) is 0.525. The molecule has 8 nitrogen and oxygen atoms in total. The van der Waals surface area contributed by atoms with Gasteiger partial charge in [0, 0.05) is 31.4 Å². The number of hydrogen-bond acceptors (Lipinski definition) is 6. The summed E-state index contributed by atoms with van der Waals surface area (Å²) in [6.07, 6.45) is 1.21. The van der Waals surface area contributed by atoms with Gasteiger partial charge < -0.3 is 20.3 Å². The molecule has 0 radical (unpaired) electrons. The van der Waals surface area contributed by atoms with E-state index in [4.69, 9.17) is 0 Å². The molecule has 2 aromatic heterocycles. The third-order valence-corrected chi connectivity index (χ3v) is 3.97. The van der Waals surface area contributed by atoms with E-state index in [9.17, 15) is 10.1 Å². The zero-order valence-corrected chi connectivity index (χ0v) is 14.2. The normalized spacial score (nSPS) is 10.8. The first-order valence-electron chi connectivity index (χ1n) is 8.13. The maximum absolute atomic E-state index is 11.0. The van der Waals surface area contributed by atoms with Crippen molar-refractivity contribution in [3.05, 3.63) is 58.3 Å². The first-order valence-corrected chi connectivity index (χ1v) is 8.13. The van der Waals surface area contributed by atoms with Crippen LogP contribution in [0.3, 0.4) is 0 Å². The predicted octanol–water partition coefficient (Wildman–Crippen LogP) is 2.88. The minimum Gasteiger partial charge on any atom is -0.370 e. The maximum atomic E-state index is 11.0. The Bertz CT molecular complexity index is 892. The summed E-state index contributed by atoms with van der Waals surface area (Å²) >= 11 is 0. The van der Waals surface area contributed by atoms with Crippen LogP contribution in [0.25, 0.3) is 5.65 Å². The molecule has 0 spiro atoms. The van der Waals surface area contributed by atoms with Gasteiger partial charge in [-0.1, -0.05) is 21.7 Å². The Labute approximate surface area is 145 Å². The minimum atomic E-state index is -0.493. The molecule has 25 heavy (non-hydrogen) atoms. The van der Waals surface area contributed by atoms with Gasteiger partial charge in [0.25, 0.3) is 0 Å². The second-order valence-corrected chi connectivity index (χ2v) is 5.71. The summed E-state index contributed by atoms with van der Waals surface area (Å²) in [6, 6.07) is 11.9. The summed E-state index contributed by atoms with van der Waals surface area (Å²) in [5.74, 6) is 0.433. The molecule has 0 saturated heterocycles. The number of fused-ring (bicyclic) bond motifs is 1. The molecule has 3 rings (SSSR count). The summed E-state index contributed by atoms with van der Waals surface area (Å²) in [5.41, 5.74) is 2.86. The second-order valence-electron chi connectivity index (χ2n) is 5.71. The van der Waals surface area contributed by atoms with E-state index in [-0.39, 0.29) is 5.82 Å². The lowest BCUT2D eigenvalue weighted by molar-refractivity contribution is -0.391. The number of nitro groups is 1. The Balaban J connectivity index is 1.67. The molecule has 0 aliphatic heterocycles. The smallest absolute Gasteiger partial charge is 0.368 e. The van der Waals surface area contributed by atoms with Gasteiger partial charge >= 0.3 is 5.82 Å². The Kier molecular flexibility index (Phi) is 4.78. The largest absolute Gasteiger partial charge is 0.370 e. The van der Waals surface area contributed by atoms with E-state index in [1.807, 2.05) is 0 Å². The fourth-order valence-corrected chi connectivity index (χ4v) is 2.69. The molecule has 1 aromatic carbocycles. The fraction of sp³-hybridized carbons (Fsp3) is 0.294. The van der Waals surface area contributed by atoms with E-state index in [2.05, 4.69) is 58.4 Å². The van der Waals surface area contributed by atoms with E-state index in [0.29, 0.717) is 18.0 Å².